The zero-order valence-electron chi connectivity index (χ0n) is 10.0. The first-order valence-electron chi connectivity index (χ1n) is 6.21. The highest BCUT2D eigenvalue weighted by molar-refractivity contribution is 6.35. The Bertz CT molecular complexity index is 550. The quantitative estimate of drug-likeness (QED) is 0.858. The van der Waals surface area contributed by atoms with Crippen LogP contribution in [0.5, 0.6) is 0 Å². The highest BCUT2D eigenvalue weighted by Gasteiger charge is 2.15. The van der Waals surface area contributed by atoms with E-state index >= 15 is 0 Å². The van der Waals surface area contributed by atoms with Gasteiger partial charge in [-0.2, -0.15) is 0 Å². The van der Waals surface area contributed by atoms with E-state index in [0.29, 0.717) is 5.02 Å². The smallest absolute Gasteiger partial charge is 0.0964 e. The van der Waals surface area contributed by atoms with Crippen LogP contribution in [-0.4, -0.2) is 24.7 Å². The summed E-state index contributed by atoms with van der Waals surface area (Å²) in [7, 11) is 0. The van der Waals surface area contributed by atoms with Gasteiger partial charge in [0.05, 0.1) is 16.6 Å². The summed E-state index contributed by atoms with van der Waals surface area (Å²) in [5, 5.41) is 5.13. The molecule has 0 spiro atoms. The van der Waals surface area contributed by atoms with E-state index in [1.807, 2.05) is 24.4 Å². The second-order valence-corrected chi connectivity index (χ2v) is 4.90. The van der Waals surface area contributed by atoms with Crippen molar-refractivity contribution in [1.29, 1.82) is 0 Å². The number of fused-ring (bicyclic) bond motifs is 1. The van der Waals surface area contributed by atoms with Gasteiger partial charge in [-0.3, -0.25) is 4.98 Å². The maximum absolute atomic E-state index is 6.12. The molecule has 1 aromatic heterocycles. The van der Waals surface area contributed by atoms with Crippen LogP contribution in [0.25, 0.3) is 10.9 Å². The van der Waals surface area contributed by atoms with Crippen LogP contribution in [0.2, 0.25) is 5.02 Å². The van der Waals surface area contributed by atoms with E-state index in [2.05, 4.69) is 16.4 Å². The fourth-order valence-electron chi connectivity index (χ4n) is 2.25. The van der Waals surface area contributed by atoms with Crippen molar-refractivity contribution in [2.24, 2.45) is 0 Å². The second-order valence-electron chi connectivity index (χ2n) is 4.50. The molecule has 18 heavy (non-hydrogen) atoms. The Kier molecular flexibility index (Phi) is 3.46. The predicted molar refractivity (Wildman–Crippen MR) is 72.9 cm³/mol. The van der Waals surface area contributed by atoms with E-state index in [-0.39, 0.29) is 6.10 Å². The van der Waals surface area contributed by atoms with Gasteiger partial charge >= 0.3 is 0 Å². The summed E-state index contributed by atoms with van der Waals surface area (Å²) in [6.45, 7) is 2.66. The molecule has 1 aliphatic rings. The van der Waals surface area contributed by atoms with Crippen LogP contribution in [0.1, 0.15) is 18.1 Å². The van der Waals surface area contributed by atoms with E-state index in [9.17, 15) is 0 Å². The van der Waals surface area contributed by atoms with Crippen LogP contribution in [0.3, 0.4) is 0 Å². The summed E-state index contributed by atoms with van der Waals surface area (Å²) < 4.78 is 5.83. The van der Waals surface area contributed by atoms with Gasteiger partial charge < -0.3 is 10.1 Å². The zero-order chi connectivity index (χ0) is 12.4. The predicted octanol–water partition coefficient (Wildman–Crippen LogP) is 2.94. The molecule has 1 aromatic carbocycles. The summed E-state index contributed by atoms with van der Waals surface area (Å²) in [4.78, 5) is 4.45. The Morgan fingerprint density at radius 1 is 1.39 bits per heavy atom. The molecule has 1 N–H and O–H groups in total. The van der Waals surface area contributed by atoms with E-state index < -0.39 is 0 Å². The molecule has 0 radical (unpaired) electrons. The molecule has 3 nitrogen and oxygen atoms in total. The van der Waals surface area contributed by atoms with Crippen LogP contribution in [-0.2, 0) is 4.74 Å². The number of halogens is 1. The van der Waals surface area contributed by atoms with Crippen LogP contribution >= 0.6 is 11.6 Å². The maximum Gasteiger partial charge on any atom is 0.0964 e. The lowest BCUT2D eigenvalue weighted by Gasteiger charge is -2.15. The van der Waals surface area contributed by atoms with E-state index in [4.69, 9.17) is 16.3 Å². The number of pyridine rings is 1. The topological polar surface area (TPSA) is 34.1 Å². The van der Waals surface area contributed by atoms with Crippen LogP contribution in [0.4, 0.5) is 0 Å². The van der Waals surface area contributed by atoms with Crippen molar-refractivity contribution in [2.45, 2.75) is 12.5 Å². The number of rotatable bonds is 1. The van der Waals surface area contributed by atoms with Crippen LogP contribution < -0.4 is 5.32 Å². The average Bonchev–Trinajstić information content (AvgIpc) is 2.67. The number of hydrogen-bond donors (Lipinski definition) is 1. The third kappa shape index (κ3) is 2.34. The summed E-state index contributed by atoms with van der Waals surface area (Å²) >= 11 is 6.12. The highest BCUT2D eigenvalue weighted by Crippen LogP contribution is 2.25. The molecule has 1 saturated heterocycles. The Morgan fingerprint density at radius 3 is 3.28 bits per heavy atom. The Hall–Kier alpha value is -1.16. The lowest BCUT2D eigenvalue weighted by molar-refractivity contribution is 0.0668. The molecule has 3 rings (SSSR count). The first-order chi connectivity index (χ1) is 8.84. The van der Waals surface area contributed by atoms with Gasteiger partial charge in [0.25, 0.3) is 0 Å². The molecule has 1 atom stereocenters. The van der Waals surface area contributed by atoms with Crippen molar-refractivity contribution < 1.29 is 4.74 Å². The molecule has 0 saturated carbocycles. The number of hydrogen-bond acceptors (Lipinski definition) is 3. The van der Waals surface area contributed by atoms with E-state index in [0.717, 1.165) is 42.6 Å². The van der Waals surface area contributed by atoms with Gasteiger partial charge in [0.1, 0.15) is 0 Å². The molecule has 1 aliphatic heterocycles. The number of para-hydroxylation sites is 1. The Balaban J connectivity index is 1.97. The summed E-state index contributed by atoms with van der Waals surface area (Å²) in [6.07, 6.45) is 3.01. The number of nitrogens with zero attached hydrogens (tertiary/aromatic N) is 1. The number of ether oxygens (including phenoxy) is 1. The summed E-state index contributed by atoms with van der Waals surface area (Å²) in [5.74, 6) is 0. The molecule has 1 unspecified atom stereocenters. The summed E-state index contributed by atoms with van der Waals surface area (Å²) in [5.41, 5.74) is 1.96. The minimum absolute atomic E-state index is 0.0865. The largest absolute Gasteiger partial charge is 0.372 e. The third-order valence-electron chi connectivity index (χ3n) is 3.20. The van der Waals surface area contributed by atoms with Crippen molar-refractivity contribution in [3.63, 3.8) is 0 Å². The molecule has 94 valence electrons. The van der Waals surface area contributed by atoms with Gasteiger partial charge in [0, 0.05) is 30.3 Å². The third-order valence-corrected chi connectivity index (χ3v) is 3.51. The van der Waals surface area contributed by atoms with Crippen LogP contribution in [0.15, 0.2) is 30.5 Å². The minimum atomic E-state index is 0.0865. The van der Waals surface area contributed by atoms with Gasteiger partial charge in [-0.25, -0.2) is 0 Å². The van der Waals surface area contributed by atoms with Crippen molar-refractivity contribution in [3.8, 4) is 0 Å². The molecular weight excluding hydrogens is 248 g/mol. The van der Waals surface area contributed by atoms with Crippen molar-refractivity contribution in [3.05, 3.63) is 41.0 Å². The second kappa shape index (κ2) is 5.22. The maximum atomic E-state index is 6.12. The fraction of sp³-hybridized carbons (Fsp3) is 0.357. The molecule has 0 bridgehead atoms. The minimum Gasteiger partial charge on any atom is -0.372 e. The van der Waals surface area contributed by atoms with Gasteiger partial charge in [-0.15, -0.1) is 0 Å². The monoisotopic (exact) mass is 262 g/mol. The molecule has 4 heteroatoms. The lowest BCUT2D eigenvalue weighted by Crippen LogP contribution is -2.20. The van der Waals surface area contributed by atoms with Gasteiger partial charge in [-0.05, 0) is 25.1 Å². The highest BCUT2D eigenvalue weighted by atomic mass is 35.5. The van der Waals surface area contributed by atoms with Gasteiger partial charge in [0.2, 0.25) is 0 Å². The normalized spacial score (nSPS) is 20.8. The molecule has 2 aromatic rings. The number of aromatic nitrogens is 1. The molecular formula is C14H15ClN2O. The number of nitrogens with one attached hydrogen (secondary N) is 1. The molecule has 2 heterocycles. The van der Waals surface area contributed by atoms with Gasteiger partial charge in [-0.1, -0.05) is 23.7 Å². The first kappa shape index (κ1) is 11.9. The van der Waals surface area contributed by atoms with Crippen molar-refractivity contribution in [2.75, 3.05) is 19.7 Å². The van der Waals surface area contributed by atoms with E-state index in [1.54, 1.807) is 0 Å². The van der Waals surface area contributed by atoms with Gasteiger partial charge in [0.15, 0.2) is 0 Å². The fourth-order valence-corrected chi connectivity index (χ4v) is 2.48. The zero-order valence-corrected chi connectivity index (χ0v) is 10.8. The molecule has 0 aliphatic carbocycles. The van der Waals surface area contributed by atoms with E-state index in [1.165, 1.54) is 0 Å². The Morgan fingerprint density at radius 2 is 2.33 bits per heavy atom. The summed E-state index contributed by atoms with van der Waals surface area (Å²) in [6, 6.07) is 7.95. The van der Waals surface area contributed by atoms with Crippen molar-refractivity contribution >= 4 is 22.5 Å². The van der Waals surface area contributed by atoms with Crippen molar-refractivity contribution in [1.82, 2.24) is 10.3 Å². The average molecular weight is 263 g/mol. The molecule has 1 fully saturated rings. The standard InChI is InChI=1S/C14H15ClN2O/c15-12-4-1-3-10-7-11(8-17-14(10)12)13-9-16-5-2-6-18-13/h1,3-4,7-8,13,16H,2,5-6,9H2. The Labute approximate surface area is 111 Å². The first-order valence-corrected chi connectivity index (χ1v) is 6.59. The lowest BCUT2D eigenvalue weighted by atomic mass is 10.1. The van der Waals surface area contributed by atoms with Crippen LogP contribution in [0, 0.1) is 0 Å². The number of benzene rings is 1. The SMILES string of the molecule is Clc1cccc2cc(C3CNCCCO3)cnc12. The molecule has 0 amide bonds.